The van der Waals surface area contributed by atoms with Gasteiger partial charge in [0, 0.05) is 70.0 Å². The van der Waals surface area contributed by atoms with E-state index in [9.17, 15) is 27.9 Å². The topological polar surface area (TPSA) is 91.8 Å². The van der Waals surface area contributed by atoms with Gasteiger partial charge in [-0.2, -0.15) is 13.2 Å². The number of halogens is 3. The molecule has 3 aliphatic rings. The molecule has 2 aromatic carbocycles. The number of ether oxygens (including phenoxy) is 3. The van der Waals surface area contributed by atoms with Gasteiger partial charge in [-0.1, -0.05) is 18.2 Å². The van der Waals surface area contributed by atoms with Gasteiger partial charge >= 0.3 is 12.1 Å². The van der Waals surface area contributed by atoms with Gasteiger partial charge in [-0.3, -0.25) is 14.5 Å². The van der Waals surface area contributed by atoms with E-state index in [-0.39, 0.29) is 42.5 Å². The monoisotopic (exact) mass is 675 g/mol. The molecule has 3 aliphatic heterocycles. The Kier molecular flexibility index (Phi) is 10.4. The number of aliphatic carboxylic acids is 1. The molecule has 0 aliphatic carbocycles. The second-order valence-electron chi connectivity index (χ2n) is 14.3. The van der Waals surface area contributed by atoms with Crippen LogP contribution in [0.3, 0.4) is 0 Å². The Morgan fingerprint density at radius 2 is 1.65 bits per heavy atom. The lowest BCUT2D eigenvalue weighted by atomic mass is 9.83. The van der Waals surface area contributed by atoms with Crippen LogP contribution in [0.15, 0.2) is 42.5 Å². The Labute approximate surface area is 280 Å². The van der Waals surface area contributed by atoms with E-state index in [2.05, 4.69) is 25.7 Å². The number of alkyl halides is 3. The fourth-order valence-corrected chi connectivity index (χ4v) is 7.75. The second kappa shape index (κ2) is 13.9. The van der Waals surface area contributed by atoms with Crippen molar-refractivity contribution in [2.24, 2.45) is 5.92 Å². The summed E-state index contributed by atoms with van der Waals surface area (Å²) in [7, 11) is 4.76. The number of piperidine rings is 1. The van der Waals surface area contributed by atoms with Gasteiger partial charge in [-0.15, -0.1) is 0 Å². The first-order valence-corrected chi connectivity index (χ1v) is 16.6. The highest BCUT2D eigenvalue weighted by molar-refractivity contribution is 5.88. The first-order valence-electron chi connectivity index (χ1n) is 16.6. The Morgan fingerprint density at radius 1 is 0.979 bits per heavy atom. The Bertz CT molecular complexity index is 1450. The molecule has 2 aromatic rings. The van der Waals surface area contributed by atoms with Crippen LogP contribution in [-0.4, -0.2) is 105 Å². The van der Waals surface area contributed by atoms with Crippen LogP contribution in [0.25, 0.3) is 0 Å². The zero-order chi connectivity index (χ0) is 35.0. The second-order valence-corrected chi connectivity index (χ2v) is 14.3. The van der Waals surface area contributed by atoms with E-state index in [0.717, 1.165) is 11.6 Å². The molecule has 0 spiro atoms. The molecule has 9 nitrogen and oxygen atoms in total. The normalized spacial score (nSPS) is 25.9. The Hall–Kier alpha value is -3.35. The molecule has 4 atom stereocenters. The van der Waals surface area contributed by atoms with E-state index in [0.29, 0.717) is 62.4 Å². The van der Waals surface area contributed by atoms with Gasteiger partial charge in [-0.25, -0.2) is 0 Å². The number of anilines is 1. The predicted molar refractivity (Wildman–Crippen MR) is 176 cm³/mol. The molecule has 48 heavy (non-hydrogen) atoms. The highest BCUT2D eigenvalue weighted by atomic mass is 19.4. The van der Waals surface area contributed by atoms with E-state index in [1.165, 1.54) is 12.1 Å². The van der Waals surface area contributed by atoms with Crippen molar-refractivity contribution in [3.8, 4) is 5.75 Å². The third-order valence-corrected chi connectivity index (χ3v) is 10.6. The number of hydrogen-bond acceptors (Lipinski definition) is 7. The minimum Gasteiger partial charge on any atom is -0.497 e. The number of rotatable bonds is 9. The molecule has 3 saturated heterocycles. The van der Waals surface area contributed by atoms with Crippen molar-refractivity contribution in [3.63, 3.8) is 0 Å². The molecule has 0 aromatic heterocycles. The van der Waals surface area contributed by atoms with Gasteiger partial charge in [0.1, 0.15) is 5.75 Å². The highest BCUT2D eigenvalue weighted by Crippen LogP contribution is 2.46. The third kappa shape index (κ3) is 7.02. The molecule has 0 saturated carbocycles. The average Bonchev–Trinajstić information content (AvgIpc) is 3.67. The van der Waals surface area contributed by atoms with E-state index < -0.39 is 29.2 Å². The van der Waals surface area contributed by atoms with Crippen LogP contribution >= 0.6 is 0 Å². The van der Waals surface area contributed by atoms with Crippen molar-refractivity contribution < 1.29 is 42.1 Å². The average molecular weight is 676 g/mol. The standard InChI is InChI=1S/C36H48F3N3O6/c1-34(2,3)41-20-30(23-7-10-28(47-5)11-8-23)35(22-41,48-6)33(45)42-19-25(17-27(42)21-46-4)29-12-9-26(36(37,38)39)18-31(29)40-15-13-24(14-16-40)32(43)44/h7-12,18,24-25,27,30H,13-17,19-22H2,1-6H3,(H,43,44)/t25-,27+,30+,35+/m1/s1. The van der Waals surface area contributed by atoms with Crippen LogP contribution in [0.4, 0.5) is 18.9 Å². The van der Waals surface area contributed by atoms with Crippen molar-refractivity contribution in [2.45, 2.75) is 75.2 Å². The molecule has 264 valence electrons. The smallest absolute Gasteiger partial charge is 0.416 e. The van der Waals surface area contributed by atoms with Crippen molar-refractivity contribution in [1.29, 1.82) is 0 Å². The van der Waals surface area contributed by atoms with E-state index in [1.807, 2.05) is 34.1 Å². The first-order chi connectivity index (χ1) is 22.6. The maximum Gasteiger partial charge on any atom is 0.416 e. The molecular weight excluding hydrogens is 627 g/mol. The van der Waals surface area contributed by atoms with Crippen LogP contribution in [0.1, 0.15) is 68.6 Å². The third-order valence-electron chi connectivity index (χ3n) is 10.6. The number of benzene rings is 2. The van der Waals surface area contributed by atoms with Gasteiger partial charge in [-0.05, 0) is 75.4 Å². The minimum atomic E-state index is -4.54. The number of carbonyl (C=O) groups is 2. The van der Waals surface area contributed by atoms with Crippen LogP contribution < -0.4 is 9.64 Å². The zero-order valence-corrected chi connectivity index (χ0v) is 28.7. The molecule has 12 heteroatoms. The fourth-order valence-electron chi connectivity index (χ4n) is 7.75. The summed E-state index contributed by atoms with van der Waals surface area (Å²) >= 11 is 0. The summed E-state index contributed by atoms with van der Waals surface area (Å²) in [4.78, 5) is 32.5. The number of carboxylic acids is 1. The summed E-state index contributed by atoms with van der Waals surface area (Å²) in [5.41, 5.74) is -0.102. The van der Waals surface area contributed by atoms with E-state index in [4.69, 9.17) is 14.2 Å². The summed E-state index contributed by atoms with van der Waals surface area (Å²) in [6, 6.07) is 11.2. The lowest BCUT2D eigenvalue weighted by Gasteiger charge is -2.39. The quantitative estimate of drug-likeness (QED) is 0.366. The number of methoxy groups -OCH3 is 3. The predicted octanol–water partition coefficient (Wildman–Crippen LogP) is 5.63. The molecule has 0 radical (unpaired) electrons. The number of hydrogen-bond donors (Lipinski definition) is 1. The molecule has 1 N–H and O–H groups in total. The number of nitrogens with zero attached hydrogens (tertiary/aromatic N) is 3. The van der Waals surface area contributed by atoms with Crippen molar-refractivity contribution in [2.75, 3.05) is 65.6 Å². The van der Waals surface area contributed by atoms with E-state index in [1.54, 1.807) is 21.3 Å². The van der Waals surface area contributed by atoms with Crippen molar-refractivity contribution >= 4 is 17.6 Å². The molecule has 3 fully saturated rings. The van der Waals surface area contributed by atoms with Crippen molar-refractivity contribution in [1.82, 2.24) is 9.80 Å². The molecular formula is C36H48F3N3O6. The molecule has 1 amide bonds. The van der Waals surface area contributed by atoms with E-state index >= 15 is 0 Å². The molecule has 3 heterocycles. The maximum atomic E-state index is 15.0. The zero-order valence-electron chi connectivity index (χ0n) is 28.7. The van der Waals surface area contributed by atoms with Gasteiger partial charge in [0.05, 0.1) is 31.2 Å². The molecule has 0 unspecified atom stereocenters. The van der Waals surface area contributed by atoms with Crippen molar-refractivity contribution in [3.05, 3.63) is 59.2 Å². The molecule has 0 bridgehead atoms. The maximum absolute atomic E-state index is 15.0. The highest BCUT2D eigenvalue weighted by Gasteiger charge is 2.58. The summed E-state index contributed by atoms with van der Waals surface area (Å²) in [5, 5.41) is 9.51. The van der Waals surface area contributed by atoms with Gasteiger partial charge in [0.25, 0.3) is 5.91 Å². The van der Waals surface area contributed by atoms with Gasteiger partial charge in [0.2, 0.25) is 0 Å². The number of likely N-dealkylation sites (tertiary alicyclic amines) is 2. The first kappa shape index (κ1) is 35.9. The fraction of sp³-hybridized carbons (Fsp3) is 0.611. The summed E-state index contributed by atoms with van der Waals surface area (Å²) in [6.07, 6.45) is -3.34. The summed E-state index contributed by atoms with van der Waals surface area (Å²) in [6.45, 7) is 8.51. The lowest BCUT2D eigenvalue weighted by molar-refractivity contribution is -0.157. The van der Waals surface area contributed by atoms with Crippen LogP contribution in [0.2, 0.25) is 0 Å². The SMILES string of the molecule is COC[C@@H]1C[C@@H](c2ccc(C(F)(F)F)cc2N2CCC(C(=O)O)CC2)CN1C(=O)[C@]1(OC)CN(C(C)(C)C)C[C@H]1c1ccc(OC)cc1. The number of carboxylic acid groups (broad SMARTS) is 1. The molecule has 5 rings (SSSR count). The van der Waals surface area contributed by atoms with Gasteiger partial charge < -0.3 is 29.1 Å². The Morgan fingerprint density at radius 3 is 2.19 bits per heavy atom. The number of amides is 1. The van der Waals surface area contributed by atoms with Crippen LogP contribution in [0.5, 0.6) is 5.75 Å². The minimum absolute atomic E-state index is 0.169. The van der Waals surface area contributed by atoms with Crippen LogP contribution in [0, 0.1) is 5.92 Å². The summed E-state index contributed by atoms with van der Waals surface area (Å²) < 4.78 is 59.1. The Balaban J connectivity index is 1.51. The van der Waals surface area contributed by atoms with Crippen LogP contribution in [-0.2, 0) is 25.2 Å². The van der Waals surface area contributed by atoms with Gasteiger partial charge in [0.15, 0.2) is 5.60 Å². The lowest BCUT2D eigenvalue weighted by Crippen LogP contribution is -2.57. The summed E-state index contributed by atoms with van der Waals surface area (Å²) in [5.74, 6) is -1.43. The number of carbonyl (C=O) groups excluding carboxylic acids is 1. The largest absolute Gasteiger partial charge is 0.497 e.